The molecule has 1 atom stereocenters. The monoisotopic (exact) mass is 410 g/mol. The van der Waals surface area contributed by atoms with Crippen molar-refractivity contribution >= 4 is 23.4 Å². The van der Waals surface area contributed by atoms with Gasteiger partial charge >= 0.3 is 0 Å². The molecule has 1 aromatic rings. The van der Waals surface area contributed by atoms with E-state index in [-0.39, 0.29) is 24.1 Å². The van der Waals surface area contributed by atoms with Crippen LogP contribution in [0, 0.1) is 0 Å². The predicted octanol–water partition coefficient (Wildman–Crippen LogP) is 1.90. The molecule has 3 fully saturated rings. The maximum atomic E-state index is 12.9. The second-order valence-electron chi connectivity index (χ2n) is 9.06. The Labute approximate surface area is 177 Å². The second kappa shape index (κ2) is 8.02. The Hall–Kier alpha value is -2.41. The van der Waals surface area contributed by atoms with Crippen LogP contribution in [0.5, 0.6) is 0 Å². The van der Waals surface area contributed by atoms with Gasteiger partial charge in [0.15, 0.2) is 0 Å². The number of anilines is 1. The summed E-state index contributed by atoms with van der Waals surface area (Å²) in [6.45, 7) is 4.67. The van der Waals surface area contributed by atoms with Gasteiger partial charge in [-0.05, 0) is 43.0 Å². The quantitative estimate of drug-likeness (QED) is 0.771. The zero-order chi connectivity index (χ0) is 20.7. The highest BCUT2D eigenvalue weighted by Gasteiger charge is 2.39. The minimum Gasteiger partial charge on any atom is -0.369 e. The third-order valence-electron chi connectivity index (χ3n) is 7.28. The first-order chi connectivity index (χ1) is 14.6. The molecule has 1 saturated carbocycles. The molecule has 1 aromatic carbocycles. The number of benzene rings is 1. The molecule has 2 saturated heterocycles. The Morgan fingerprint density at radius 2 is 1.67 bits per heavy atom. The molecule has 5 rings (SSSR count). The van der Waals surface area contributed by atoms with Gasteiger partial charge in [-0.1, -0.05) is 19.3 Å². The molecule has 0 bridgehead atoms. The Morgan fingerprint density at radius 3 is 2.40 bits per heavy atom. The zero-order valence-electron chi connectivity index (χ0n) is 17.4. The van der Waals surface area contributed by atoms with Crippen molar-refractivity contribution < 1.29 is 14.4 Å². The predicted molar refractivity (Wildman–Crippen MR) is 113 cm³/mol. The summed E-state index contributed by atoms with van der Waals surface area (Å²) in [4.78, 5) is 43.2. The van der Waals surface area contributed by atoms with Gasteiger partial charge in [-0.15, -0.1) is 0 Å². The molecule has 3 aliphatic heterocycles. The second-order valence-corrected chi connectivity index (χ2v) is 9.06. The van der Waals surface area contributed by atoms with Crippen LogP contribution in [0.4, 0.5) is 5.69 Å². The number of piperazine rings is 1. The number of hydrogen-bond donors (Lipinski definition) is 1. The van der Waals surface area contributed by atoms with E-state index in [9.17, 15) is 14.4 Å². The van der Waals surface area contributed by atoms with E-state index in [2.05, 4.69) is 21.2 Å². The van der Waals surface area contributed by atoms with Gasteiger partial charge < -0.3 is 9.80 Å². The minimum atomic E-state index is -0.551. The Kier molecular flexibility index (Phi) is 5.23. The molecule has 0 aromatic heterocycles. The Morgan fingerprint density at radius 1 is 0.900 bits per heavy atom. The minimum absolute atomic E-state index is 0.104. The van der Waals surface area contributed by atoms with E-state index in [1.54, 1.807) is 4.90 Å². The van der Waals surface area contributed by atoms with Crippen molar-refractivity contribution in [2.24, 2.45) is 0 Å². The number of carbonyl (C=O) groups excluding carboxylic acids is 3. The van der Waals surface area contributed by atoms with Crippen molar-refractivity contribution in [3.05, 3.63) is 29.3 Å². The summed E-state index contributed by atoms with van der Waals surface area (Å²) in [5.74, 6) is -0.713. The smallest absolute Gasteiger partial charge is 0.255 e. The average Bonchev–Trinajstić information content (AvgIpc) is 3.10. The molecule has 3 heterocycles. The summed E-state index contributed by atoms with van der Waals surface area (Å²) in [6, 6.07) is 6.29. The fraction of sp³-hybridized carbons (Fsp3) is 0.609. The van der Waals surface area contributed by atoms with E-state index in [0.29, 0.717) is 18.5 Å². The van der Waals surface area contributed by atoms with Crippen LogP contribution in [0.2, 0.25) is 0 Å². The molecule has 0 spiro atoms. The van der Waals surface area contributed by atoms with Crippen LogP contribution < -0.4 is 10.2 Å². The molecule has 1 unspecified atom stereocenters. The SMILES string of the molecule is O=C1CCC(N2Cc3cc(N4CCN(C5CCCCC5)CC4)ccc3C2=O)C(=O)N1. The average molecular weight is 411 g/mol. The fourth-order valence-electron chi connectivity index (χ4n) is 5.55. The standard InChI is InChI=1S/C23H30N4O3/c28-21-9-8-20(22(29)24-21)27-15-16-14-18(6-7-19(16)23(27)30)26-12-10-25(11-13-26)17-4-2-1-3-5-17/h6-7,14,17,20H,1-5,8-13,15H2,(H,24,28,29). The number of carbonyl (C=O) groups is 3. The maximum absolute atomic E-state index is 12.9. The van der Waals surface area contributed by atoms with E-state index in [1.807, 2.05) is 12.1 Å². The summed E-state index contributed by atoms with van der Waals surface area (Å²) in [6.07, 6.45) is 7.50. The van der Waals surface area contributed by atoms with Crippen molar-refractivity contribution in [2.45, 2.75) is 63.6 Å². The van der Waals surface area contributed by atoms with Gasteiger partial charge in [-0.3, -0.25) is 24.6 Å². The van der Waals surface area contributed by atoms with Gasteiger partial charge in [-0.25, -0.2) is 0 Å². The summed E-state index contributed by atoms with van der Waals surface area (Å²) in [5, 5.41) is 2.36. The normalized spacial score (nSPS) is 26.1. The fourth-order valence-corrected chi connectivity index (χ4v) is 5.55. The van der Waals surface area contributed by atoms with Gasteiger partial charge in [0.05, 0.1) is 0 Å². The molecule has 4 aliphatic rings. The topological polar surface area (TPSA) is 73.0 Å². The van der Waals surface area contributed by atoms with Crippen molar-refractivity contribution in [2.75, 3.05) is 31.1 Å². The van der Waals surface area contributed by atoms with Gasteiger partial charge in [0.25, 0.3) is 5.91 Å². The van der Waals surface area contributed by atoms with Crippen LogP contribution in [0.25, 0.3) is 0 Å². The van der Waals surface area contributed by atoms with Gasteiger partial charge in [0.2, 0.25) is 11.8 Å². The third kappa shape index (κ3) is 3.60. The van der Waals surface area contributed by atoms with Crippen molar-refractivity contribution in [3.8, 4) is 0 Å². The molecule has 160 valence electrons. The maximum Gasteiger partial charge on any atom is 0.255 e. The summed E-state index contributed by atoms with van der Waals surface area (Å²) >= 11 is 0. The number of rotatable bonds is 3. The highest BCUT2D eigenvalue weighted by atomic mass is 16.2. The number of amides is 3. The van der Waals surface area contributed by atoms with Crippen LogP contribution in [0.1, 0.15) is 60.9 Å². The first-order valence-corrected chi connectivity index (χ1v) is 11.4. The van der Waals surface area contributed by atoms with Gasteiger partial charge in [-0.2, -0.15) is 0 Å². The largest absolute Gasteiger partial charge is 0.369 e. The molecule has 7 heteroatoms. The van der Waals surface area contributed by atoms with Crippen LogP contribution in [0.15, 0.2) is 18.2 Å². The highest BCUT2D eigenvalue weighted by molar-refractivity contribution is 6.05. The molecule has 1 aliphatic carbocycles. The van der Waals surface area contributed by atoms with Crippen molar-refractivity contribution in [3.63, 3.8) is 0 Å². The Balaban J connectivity index is 1.25. The Bertz CT molecular complexity index is 856. The number of fused-ring (bicyclic) bond motifs is 1. The number of nitrogens with one attached hydrogen (secondary N) is 1. The van der Waals surface area contributed by atoms with Crippen molar-refractivity contribution in [1.82, 2.24) is 15.1 Å². The van der Waals surface area contributed by atoms with E-state index in [0.717, 1.165) is 43.5 Å². The van der Waals surface area contributed by atoms with E-state index in [1.165, 1.54) is 32.1 Å². The zero-order valence-corrected chi connectivity index (χ0v) is 17.4. The third-order valence-corrected chi connectivity index (χ3v) is 7.28. The molecule has 3 amide bonds. The van der Waals surface area contributed by atoms with E-state index in [4.69, 9.17) is 0 Å². The highest BCUT2D eigenvalue weighted by Crippen LogP contribution is 2.31. The lowest BCUT2D eigenvalue weighted by molar-refractivity contribution is -0.136. The number of imide groups is 1. The number of nitrogens with zero attached hydrogens (tertiary/aromatic N) is 3. The summed E-state index contributed by atoms with van der Waals surface area (Å²) < 4.78 is 0. The van der Waals surface area contributed by atoms with Crippen LogP contribution in [-0.2, 0) is 16.1 Å². The molecule has 0 radical (unpaired) electrons. The lowest BCUT2D eigenvalue weighted by atomic mass is 9.94. The molecular weight excluding hydrogens is 380 g/mol. The molecule has 7 nitrogen and oxygen atoms in total. The number of hydrogen-bond acceptors (Lipinski definition) is 5. The lowest BCUT2D eigenvalue weighted by Crippen LogP contribution is -2.52. The van der Waals surface area contributed by atoms with Crippen molar-refractivity contribution in [1.29, 1.82) is 0 Å². The lowest BCUT2D eigenvalue weighted by Gasteiger charge is -2.41. The molecular formula is C23H30N4O3. The van der Waals surface area contributed by atoms with E-state index >= 15 is 0 Å². The van der Waals surface area contributed by atoms with E-state index < -0.39 is 6.04 Å². The van der Waals surface area contributed by atoms with Crippen LogP contribution in [-0.4, -0.2) is 65.8 Å². The number of piperidine rings is 1. The molecule has 1 N–H and O–H groups in total. The van der Waals surface area contributed by atoms with Crippen LogP contribution >= 0.6 is 0 Å². The first kappa shape index (κ1) is 19.5. The molecule has 30 heavy (non-hydrogen) atoms. The van der Waals surface area contributed by atoms with Gasteiger partial charge in [0.1, 0.15) is 6.04 Å². The van der Waals surface area contributed by atoms with Gasteiger partial charge in [0, 0.05) is 56.4 Å². The first-order valence-electron chi connectivity index (χ1n) is 11.4. The van der Waals surface area contributed by atoms with Crippen LogP contribution in [0.3, 0.4) is 0 Å². The summed E-state index contributed by atoms with van der Waals surface area (Å²) in [5.41, 5.74) is 2.83. The summed E-state index contributed by atoms with van der Waals surface area (Å²) in [7, 11) is 0.